The summed E-state index contributed by atoms with van der Waals surface area (Å²) in [5.74, 6) is -0.124. The number of carbonyl (C=O) groups is 1. The molecule has 0 saturated heterocycles. The van der Waals surface area contributed by atoms with Crippen LogP contribution in [0.4, 0.5) is 0 Å². The minimum atomic E-state index is -0.756. The Morgan fingerprint density at radius 1 is 1.00 bits per heavy atom. The van der Waals surface area contributed by atoms with Crippen LogP contribution in [0.1, 0.15) is 41.9 Å². The number of carboxylic acid groups (broad SMARTS) is 1. The molecule has 4 nitrogen and oxygen atoms in total. The molecule has 4 heteroatoms. The third-order valence-electron chi connectivity index (χ3n) is 5.76. The van der Waals surface area contributed by atoms with E-state index in [1.54, 1.807) is 12.4 Å². The van der Waals surface area contributed by atoms with Crippen LogP contribution in [0.25, 0.3) is 11.4 Å². The molecular weight excluding hydrogens is 336 g/mol. The Morgan fingerprint density at radius 2 is 1.63 bits per heavy atom. The van der Waals surface area contributed by atoms with Crippen LogP contribution in [0.15, 0.2) is 67.0 Å². The summed E-state index contributed by atoms with van der Waals surface area (Å²) in [6, 6.07) is 18.0. The van der Waals surface area contributed by atoms with Gasteiger partial charge in [0.25, 0.3) is 0 Å². The zero-order valence-electron chi connectivity index (χ0n) is 15.5. The Bertz CT molecular complexity index is 969. The molecule has 1 fully saturated rings. The Morgan fingerprint density at radius 3 is 2.26 bits per heavy atom. The molecule has 136 valence electrons. The third-order valence-corrected chi connectivity index (χ3v) is 5.76. The standard InChI is InChI=1S/C23H22N2O2/c1-3-23(22(26)27)19(16-8-5-4-6-9-16)20(23)17-10-7-11-18(12-17)21-24-13-15(2)14-25-21/h4-14,19-20H,3H2,1-2H3,(H,26,27)/t19-,20-,23+/m0/s1. The molecule has 1 aromatic heterocycles. The molecule has 1 aliphatic carbocycles. The van der Waals surface area contributed by atoms with E-state index in [-0.39, 0.29) is 11.8 Å². The number of benzene rings is 2. The van der Waals surface area contributed by atoms with E-state index in [9.17, 15) is 9.90 Å². The van der Waals surface area contributed by atoms with Crippen LogP contribution in [-0.2, 0) is 4.79 Å². The average molecular weight is 358 g/mol. The molecule has 3 atom stereocenters. The van der Waals surface area contributed by atoms with Gasteiger partial charge in [0.2, 0.25) is 0 Å². The van der Waals surface area contributed by atoms with Gasteiger partial charge in [-0.2, -0.15) is 0 Å². The number of nitrogens with zero attached hydrogens (tertiary/aromatic N) is 2. The van der Waals surface area contributed by atoms with Crippen LogP contribution in [0.5, 0.6) is 0 Å². The van der Waals surface area contributed by atoms with Crippen LogP contribution in [0.2, 0.25) is 0 Å². The first-order chi connectivity index (χ1) is 13.1. The molecule has 0 unspecified atom stereocenters. The summed E-state index contributed by atoms with van der Waals surface area (Å²) in [6.45, 7) is 3.92. The fourth-order valence-corrected chi connectivity index (χ4v) is 4.35. The van der Waals surface area contributed by atoms with Gasteiger partial charge < -0.3 is 5.11 Å². The van der Waals surface area contributed by atoms with Gasteiger partial charge in [-0.3, -0.25) is 4.79 Å². The summed E-state index contributed by atoms with van der Waals surface area (Å²) in [6.07, 6.45) is 4.19. The lowest BCUT2D eigenvalue weighted by Crippen LogP contribution is -2.17. The molecule has 0 bridgehead atoms. The van der Waals surface area contributed by atoms with E-state index in [0.717, 1.165) is 22.3 Å². The number of aromatic nitrogens is 2. The minimum absolute atomic E-state index is 0.0182. The van der Waals surface area contributed by atoms with Gasteiger partial charge in [-0.15, -0.1) is 0 Å². The molecular formula is C23H22N2O2. The van der Waals surface area contributed by atoms with Crippen LogP contribution in [-0.4, -0.2) is 21.0 Å². The molecule has 0 amide bonds. The first-order valence-electron chi connectivity index (χ1n) is 9.25. The lowest BCUT2D eigenvalue weighted by atomic mass is 9.94. The highest BCUT2D eigenvalue weighted by Crippen LogP contribution is 2.72. The van der Waals surface area contributed by atoms with Crippen LogP contribution in [0.3, 0.4) is 0 Å². The monoisotopic (exact) mass is 358 g/mol. The highest BCUT2D eigenvalue weighted by molar-refractivity contribution is 5.84. The predicted octanol–water partition coefficient (Wildman–Crippen LogP) is 4.81. The van der Waals surface area contributed by atoms with E-state index in [4.69, 9.17) is 0 Å². The van der Waals surface area contributed by atoms with Crippen molar-refractivity contribution in [2.45, 2.75) is 32.1 Å². The van der Waals surface area contributed by atoms with Gasteiger partial charge in [-0.05, 0) is 36.1 Å². The Hall–Kier alpha value is -3.01. The topological polar surface area (TPSA) is 63.1 Å². The van der Waals surface area contributed by atoms with Crippen molar-refractivity contribution in [3.05, 3.63) is 83.7 Å². The van der Waals surface area contributed by atoms with Gasteiger partial charge in [-0.1, -0.05) is 55.5 Å². The second-order valence-corrected chi connectivity index (χ2v) is 7.27. The second-order valence-electron chi connectivity index (χ2n) is 7.27. The molecule has 0 spiro atoms. The lowest BCUT2D eigenvalue weighted by Gasteiger charge is -2.10. The van der Waals surface area contributed by atoms with E-state index in [2.05, 4.69) is 9.97 Å². The highest BCUT2D eigenvalue weighted by atomic mass is 16.4. The molecule has 3 aromatic rings. The summed E-state index contributed by atoms with van der Waals surface area (Å²) in [7, 11) is 0. The Labute approximate surface area is 158 Å². The Kier molecular flexibility index (Phi) is 4.27. The maximum absolute atomic E-state index is 12.2. The summed E-state index contributed by atoms with van der Waals surface area (Å²) in [5, 5.41) is 10.1. The first kappa shape index (κ1) is 17.4. The fourth-order valence-electron chi connectivity index (χ4n) is 4.35. The molecule has 27 heavy (non-hydrogen) atoms. The number of rotatable bonds is 5. The normalized spacial score (nSPS) is 23.8. The predicted molar refractivity (Wildman–Crippen MR) is 104 cm³/mol. The van der Waals surface area contributed by atoms with E-state index < -0.39 is 11.4 Å². The smallest absolute Gasteiger partial charge is 0.310 e. The summed E-state index contributed by atoms with van der Waals surface area (Å²) < 4.78 is 0. The maximum atomic E-state index is 12.2. The van der Waals surface area contributed by atoms with Crippen LogP contribution < -0.4 is 0 Å². The van der Waals surface area contributed by atoms with Crippen molar-refractivity contribution in [2.75, 3.05) is 0 Å². The van der Waals surface area contributed by atoms with Crippen molar-refractivity contribution in [1.82, 2.24) is 9.97 Å². The summed E-state index contributed by atoms with van der Waals surface area (Å²) in [4.78, 5) is 21.1. The SMILES string of the molecule is CC[C@@]1(C(=O)O)[C@@H](c2ccccc2)[C@@H]1c1cccc(-c2ncc(C)cn2)c1. The van der Waals surface area contributed by atoms with Gasteiger partial charge in [-0.25, -0.2) is 9.97 Å². The summed E-state index contributed by atoms with van der Waals surface area (Å²) >= 11 is 0. The van der Waals surface area contributed by atoms with Gasteiger partial charge in [0, 0.05) is 29.8 Å². The molecule has 4 rings (SSSR count). The number of aliphatic carboxylic acids is 1. The van der Waals surface area contributed by atoms with Gasteiger partial charge >= 0.3 is 5.97 Å². The average Bonchev–Trinajstić information content (AvgIpc) is 3.40. The maximum Gasteiger partial charge on any atom is 0.310 e. The van der Waals surface area contributed by atoms with Crippen molar-refractivity contribution in [3.63, 3.8) is 0 Å². The second kappa shape index (κ2) is 6.62. The number of hydrogen-bond donors (Lipinski definition) is 1. The van der Waals surface area contributed by atoms with Crippen LogP contribution >= 0.6 is 0 Å². The molecule has 0 radical (unpaired) electrons. The van der Waals surface area contributed by atoms with Crippen molar-refractivity contribution < 1.29 is 9.90 Å². The Balaban J connectivity index is 1.76. The summed E-state index contributed by atoms with van der Waals surface area (Å²) in [5.41, 5.74) is 3.30. The third kappa shape index (κ3) is 2.81. The van der Waals surface area contributed by atoms with Crippen molar-refractivity contribution >= 4 is 5.97 Å². The lowest BCUT2D eigenvalue weighted by molar-refractivity contribution is -0.143. The number of carboxylic acids is 1. The van der Waals surface area contributed by atoms with Crippen molar-refractivity contribution in [2.24, 2.45) is 5.41 Å². The molecule has 1 aliphatic rings. The quantitative estimate of drug-likeness (QED) is 0.711. The van der Waals surface area contributed by atoms with Gasteiger partial charge in [0.05, 0.1) is 5.41 Å². The molecule has 1 saturated carbocycles. The van der Waals surface area contributed by atoms with Gasteiger partial charge in [0.15, 0.2) is 5.82 Å². The highest BCUT2D eigenvalue weighted by Gasteiger charge is 2.69. The van der Waals surface area contributed by atoms with E-state index in [1.807, 2.05) is 68.4 Å². The zero-order valence-corrected chi connectivity index (χ0v) is 15.5. The first-order valence-corrected chi connectivity index (χ1v) is 9.25. The van der Waals surface area contributed by atoms with E-state index in [0.29, 0.717) is 12.2 Å². The van der Waals surface area contributed by atoms with Crippen molar-refractivity contribution in [3.8, 4) is 11.4 Å². The zero-order chi connectivity index (χ0) is 19.0. The molecule has 2 aromatic carbocycles. The number of aryl methyl sites for hydroxylation is 1. The van der Waals surface area contributed by atoms with Gasteiger partial charge in [0.1, 0.15) is 0 Å². The largest absolute Gasteiger partial charge is 0.481 e. The minimum Gasteiger partial charge on any atom is -0.481 e. The molecule has 1 N–H and O–H groups in total. The van der Waals surface area contributed by atoms with E-state index in [1.165, 1.54) is 0 Å². The number of hydrogen-bond acceptors (Lipinski definition) is 3. The van der Waals surface area contributed by atoms with E-state index >= 15 is 0 Å². The fraction of sp³-hybridized carbons (Fsp3) is 0.261. The van der Waals surface area contributed by atoms with Crippen molar-refractivity contribution in [1.29, 1.82) is 0 Å². The molecule has 1 heterocycles. The van der Waals surface area contributed by atoms with Crippen LogP contribution in [0, 0.1) is 12.3 Å². The molecule has 0 aliphatic heterocycles.